The van der Waals surface area contributed by atoms with Gasteiger partial charge < -0.3 is 20.5 Å². The predicted octanol–water partition coefficient (Wildman–Crippen LogP) is 3.92. The number of anilines is 1. The molecule has 0 aromatic heterocycles. The van der Waals surface area contributed by atoms with Gasteiger partial charge in [0.25, 0.3) is 0 Å². The second-order valence-electron chi connectivity index (χ2n) is 6.86. The first-order valence-corrected chi connectivity index (χ1v) is 9.53. The Labute approximate surface area is 164 Å². The maximum Gasteiger partial charge on any atom is 0.241 e. The molecule has 1 atom stereocenters. The van der Waals surface area contributed by atoms with Gasteiger partial charge in [-0.1, -0.05) is 23.7 Å². The molecule has 1 fully saturated rings. The molecule has 1 unspecified atom stereocenters. The highest BCUT2D eigenvalue weighted by molar-refractivity contribution is 6.30. The average molecular weight is 389 g/mol. The molecule has 1 heterocycles. The van der Waals surface area contributed by atoms with Crippen LogP contribution in [0.15, 0.2) is 42.5 Å². The van der Waals surface area contributed by atoms with Crippen LogP contribution in [0.25, 0.3) is 0 Å². The van der Waals surface area contributed by atoms with Gasteiger partial charge in [0.05, 0.1) is 6.04 Å². The van der Waals surface area contributed by atoms with Crippen LogP contribution in [0.2, 0.25) is 5.02 Å². The van der Waals surface area contributed by atoms with Gasteiger partial charge in [-0.15, -0.1) is 0 Å². The van der Waals surface area contributed by atoms with E-state index in [1.54, 1.807) is 0 Å². The molecule has 0 spiro atoms. The van der Waals surface area contributed by atoms with Gasteiger partial charge in [0.2, 0.25) is 5.91 Å². The number of nitrogens with one attached hydrogen (secondary N) is 1. The molecule has 3 N–H and O–H groups in total. The number of benzene rings is 2. The minimum atomic E-state index is -0.521. The van der Waals surface area contributed by atoms with Crippen LogP contribution < -0.4 is 15.8 Å². The van der Waals surface area contributed by atoms with E-state index in [9.17, 15) is 4.79 Å². The maximum absolute atomic E-state index is 12.5. The lowest BCUT2D eigenvalue weighted by Gasteiger charge is -2.27. The molecular weight excluding hydrogens is 364 g/mol. The molecule has 1 amide bonds. The van der Waals surface area contributed by atoms with Crippen molar-refractivity contribution in [1.29, 1.82) is 0 Å². The largest absolute Gasteiger partial charge is 0.489 e. The molecule has 5 nitrogen and oxygen atoms in total. The Balaban J connectivity index is 1.58. The molecule has 3 rings (SSSR count). The Bertz CT molecular complexity index is 791. The summed E-state index contributed by atoms with van der Waals surface area (Å²) in [6, 6.07) is 12.6. The van der Waals surface area contributed by atoms with Crippen LogP contribution in [-0.2, 0) is 16.1 Å². The lowest BCUT2D eigenvalue weighted by atomic mass is 9.92. The fourth-order valence-corrected chi connectivity index (χ4v) is 3.38. The molecule has 6 heteroatoms. The minimum absolute atomic E-state index is 0.155. The molecule has 1 aliphatic heterocycles. The fraction of sp³-hybridized carbons (Fsp3) is 0.381. The topological polar surface area (TPSA) is 73.6 Å². The molecule has 27 heavy (non-hydrogen) atoms. The van der Waals surface area contributed by atoms with Crippen molar-refractivity contribution in [3.63, 3.8) is 0 Å². The summed E-state index contributed by atoms with van der Waals surface area (Å²) >= 11 is 5.99. The predicted molar refractivity (Wildman–Crippen MR) is 107 cm³/mol. The summed E-state index contributed by atoms with van der Waals surface area (Å²) in [6.45, 7) is 3.70. The van der Waals surface area contributed by atoms with E-state index in [0.717, 1.165) is 35.4 Å². The first kappa shape index (κ1) is 19.7. The third kappa shape index (κ3) is 5.45. The summed E-state index contributed by atoms with van der Waals surface area (Å²) in [6.07, 6.45) is 1.65. The van der Waals surface area contributed by atoms with E-state index in [1.165, 1.54) is 0 Å². The van der Waals surface area contributed by atoms with Crippen molar-refractivity contribution in [3.05, 3.63) is 58.6 Å². The number of hydrogen-bond donors (Lipinski definition) is 2. The van der Waals surface area contributed by atoms with Gasteiger partial charge in [-0.3, -0.25) is 4.79 Å². The molecule has 1 saturated heterocycles. The summed E-state index contributed by atoms with van der Waals surface area (Å²) in [5.41, 5.74) is 8.81. The summed E-state index contributed by atoms with van der Waals surface area (Å²) in [4.78, 5) is 12.5. The van der Waals surface area contributed by atoms with Crippen molar-refractivity contribution in [2.45, 2.75) is 32.4 Å². The van der Waals surface area contributed by atoms with Gasteiger partial charge in [-0.05, 0) is 67.1 Å². The van der Waals surface area contributed by atoms with E-state index in [4.69, 9.17) is 26.8 Å². The molecule has 0 aliphatic carbocycles. The van der Waals surface area contributed by atoms with Crippen LogP contribution in [0.5, 0.6) is 5.75 Å². The van der Waals surface area contributed by atoms with Crippen LogP contribution >= 0.6 is 11.6 Å². The Hall–Kier alpha value is -2.08. The van der Waals surface area contributed by atoms with Crippen molar-refractivity contribution < 1.29 is 14.3 Å². The number of rotatable bonds is 6. The number of amides is 1. The van der Waals surface area contributed by atoms with E-state index in [2.05, 4.69) is 5.32 Å². The Kier molecular flexibility index (Phi) is 6.72. The molecule has 1 aliphatic rings. The molecular formula is C21H25ClN2O3. The Morgan fingerprint density at radius 2 is 2.07 bits per heavy atom. The van der Waals surface area contributed by atoms with E-state index >= 15 is 0 Å². The number of carbonyl (C=O) groups excluding carboxylic acids is 1. The first-order chi connectivity index (χ1) is 13.0. The van der Waals surface area contributed by atoms with Crippen molar-refractivity contribution >= 4 is 23.2 Å². The first-order valence-electron chi connectivity index (χ1n) is 9.15. The van der Waals surface area contributed by atoms with E-state index < -0.39 is 6.04 Å². The van der Waals surface area contributed by atoms with Crippen molar-refractivity contribution in [1.82, 2.24) is 0 Å². The summed E-state index contributed by atoms with van der Waals surface area (Å²) in [5.74, 6) is 0.746. The van der Waals surface area contributed by atoms with E-state index in [-0.39, 0.29) is 11.8 Å². The number of ether oxygens (including phenoxy) is 2. The van der Waals surface area contributed by atoms with Gasteiger partial charge in [-0.2, -0.15) is 0 Å². The fourth-order valence-electron chi connectivity index (χ4n) is 3.16. The van der Waals surface area contributed by atoms with Gasteiger partial charge in [-0.25, -0.2) is 0 Å². The molecule has 0 bridgehead atoms. The van der Waals surface area contributed by atoms with E-state index in [0.29, 0.717) is 24.8 Å². The third-order valence-electron chi connectivity index (χ3n) is 4.83. The van der Waals surface area contributed by atoms with Gasteiger partial charge in [0.1, 0.15) is 12.4 Å². The summed E-state index contributed by atoms with van der Waals surface area (Å²) < 4.78 is 11.2. The minimum Gasteiger partial charge on any atom is -0.489 e. The van der Waals surface area contributed by atoms with Gasteiger partial charge in [0.15, 0.2) is 0 Å². The average Bonchev–Trinajstić information content (AvgIpc) is 2.68. The molecule has 0 radical (unpaired) electrons. The normalized spacial score (nSPS) is 16.0. The van der Waals surface area contributed by atoms with Crippen LogP contribution in [0.3, 0.4) is 0 Å². The van der Waals surface area contributed by atoms with Crippen molar-refractivity contribution in [3.8, 4) is 5.75 Å². The monoisotopic (exact) mass is 388 g/mol. The highest BCUT2D eigenvalue weighted by atomic mass is 35.5. The molecule has 2 aromatic rings. The standard InChI is InChI=1S/C21H25ClN2O3/c1-14-11-18(27-13-15-3-2-4-17(22)12-15)5-6-19(14)24-21(25)20(23)16-7-9-26-10-8-16/h2-6,11-12,16,20H,7-10,13,23H2,1H3,(H,24,25). The third-order valence-corrected chi connectivity index (χ3v) is 5.06. The maximum atomic E-state index is 12.5. The zero-order valence-electron chi connectivity index (χ0n) is 15.4. The number of carbonyl (C=O) groups is 1. The molecule has 144 valence electrons. The number of nitrogens with two attached hydrogens (primary N) is 1. The van der Waals surface area contributed by atoms with Crippen molar-refractivity contribution in [2.75, 3.05) is 18.5 Å². The summed E-state index contributed by atoms with van der Waals surface area (Å²) in [5, 5.41) is 3.62. The quantitative estimate of drug-likeness (QED) is 0.786. The number of aryl methyl sites for hydroxylation is 1. The zero-order chi connectivity index (χ0) is 19.2. The highest BCUT2D eigenvalue weighted by Crippen LogP contribution is 2.24. The van der Waals surface area contributed by atoms with Crippen LogP contribution in [0.4, 0.5) is 5.69 Å². The lowest BCUT2D eigenvalue weighted by Crippen LogP contribution is -2.44. The zero-order valence-corrected chi connectivity index (χ0v) is 16.2. The van der Waals surface area contributed by atoms with E-state index in [1.807, 2.05) is 49.4 Å². The molecule has 2 aromatic carbocycles. The van der Waals surface area contributed by atoms with Gasteiger partial charge in [0, 0.05) is 23.9 Å². The SMILES string of the molecule is Cc1cc(OCc2cccc(Cl)c2)ccc1NC(=O)C(N)C1CCOCC1. The highest BCUT2D eigenvalue weighted by Gasteiger charge is 2.26. The number of halogens is 1. The van der Waals surface area contributed by atoms with Crippen molar-refractivity contribution in [2.24, 2.45) is 11.7 Å². The van der Waals surface area contributed by atoms with Crippen LogP contribution in [0.1, 0.15) is 24.0 Å². The molecule has 0 saturated carbocycles. The number of hydrogen-bond acceptors (Lipinski definition) is 4. The summed E-state index contributed by atoms with van der Waals surface area (Å²) in [7, 11) is 0. The second kappa shape index (κ2) is 9.22. The Morgan fingerprint density at radius 1 is 1.30 bits per heavy atom. The van der Waals surface area contributed by atoms with Gasteiger partial charge >= 0.3 is 0 Å². The Morgan fingerprint density at radius 3 is 2.78 bits per heavy atom. The lowest BCUT2D eigenvalue weighted by molar-refractivity contribution is -0.119. The van der Waals surface area contributed by atoms with Crippen LogP contribution in [-0.4, -0.2) is 25.2 Å². The smallest absolute Gasteiger partial charge is 0.241 e. The van der Waals surface area contributed by atoms with Crippen LogP contribution in [0, 0.1) is 12.8 Å². The second-order valence-corrected chi connectivity index (χ2v) is 7.30.